The van der Waals surface area contributed by atoms with Crippen molar-refractivity contribution in [1.82, 2.24) is 0 Å². The second-order valence-electron chi connectivity index (χ2n) is 4.31. The zero-order valence-corrected chi connectivity index (χ0v) is 10.9. The minimum Gasteiger partial charge on any atom is -0.480 e. The molecule has 0 saturated carbocycles. The lowest BCUT2D eigenvalue weighted by Crippen LogP contribution is -2.49. The third-order valence-electron chi connectivity index (χ3n) is 2.82. The van der Waals surface area contributed by atoms with Crippen LogP contribution in [0.1, 0.15) is 27.7 Å². The van der Waals surface area contributed by atoms with Gasteiger partial charge in [-0.15, -0.1) is 11.6 Å². The number of ether oxygens (including phenoxy) is 1. The quantitative estimate of drug-likeness (QED) is 0.446. The van der Waals surface area contributed by atoms with Crippen LogP contribution >= 0.6 is 11.6 Å². The number of hydrogen-bond acceptors (Lipinski definition) is 3. The molecular weight excluding hydrogens is 232 g/mol. The Kier molecular flexibility index (Phi) is 5.79. The van der Waals surface area contributed by atoms with Crippen LogP contribution in [-0.2, 0) is 14.3 Å². The summed E-state index contributed by atoms with van der Waals surface area (Å²) in [6, 6.07) is 0. The van der Waals surface area contributed by atoms with Gasteiger partial charge in [0.1, 0.15) is 6.61 Å². The van der Waals surface area contributed by atoms with Gasteiger partial charge in [-0.3, -0.25) is 9.59 Å². The number of alkyl halides is 1. The van der Waals surface area contributed by atoms with E-state index in [0.29, 0.717) is 0 Å². The second kappa shape index (κ2) is 6.09. The van der Waals surface area contributed by atoms with Crippen LogP contribution in [0, 0.1) is 17.3 Å². The van der Waals surface area contributed by atoms with Crippen molar-refractivity contribution >= 4 is 23.5 Å². The van der Waals surface area contributed by atoms with Gasteiger partial charge >= 0.3 is 11.9 Å². The number of carboxylic acids is 1. The van der Waals surface area contributed by atoms with E-state index in [2.05, 4.69) is 0 Å². The fraction of sp³-hybridized carbons (Fsp3) is 0.818. The number of aliphatic carboxylic acids is 1. The molecule has 0 rings (SSSR count). The van der Waals surface area contributed by atoms with Crippen molar-refractivity contribution in [3.05, 3.63) is 0 Å². The lowest BCUT2D eigenvalue weighted by Gasteiger charge is -2.34. The van der Waals surface area contributed by atoms with Gasteiger partial charge in [-0.25, -0.2) is 0 Å². The van der Waals surface area contributed by atoms with Crippen molar-refractivity contribution < 1.29 is 19.4 Å². The van der Waals surface area contributed by atoms with Crippen LogP contribution in [0.4, 0.5) is 0 Å². The Morgan fingerprint density at radius 2 is 1.69 bits per heavy atom. The van der Waals surface area contributed by atoms with Gasteiger partial charge in [0.25, 0.3) is 0 Å². The Balaban J connectivity index is 5.19. The number of hydrogen-bond donors (Lipinski definition) is 1. The summed E-state index contributed by atoms with van der Waals surface area (Å²) in [7, 11) is 0. The van der Waals surface area contributed by atoms with Crippen molar-refractivity contribution in [3.8, 4) is 0 Å². The molecule has 0 bridgehead atoms. The molecule has 0 unspecified atom stereocenters. The fourth-order valence-corrected chi connectivity index (χ4v) is 2.05. The molecule has 0 spiro atoms. The number of esters is 1. The maximum atomic E-state index is 11.9. The maximum absolute atomic E-state index is 11.9. The molecule has 94 valence electrons. The third-order valence-corrected chi connectivity index (χ3v) is 2.98. The molecule has 0 aliphatic carbocycles. The van der Waals surface area contributed by atoms with Crippen molar-refractivity contribution in [2.75, 3.05) is 12.5 Å². The van der Waals surface area contributed by atoms with E-state index in [4.69, 9.17) is 16.3 Å². The molecule has 0 fully saturated rings. The Labute approximate surface area is 101 Å². The van der Waals surface area contributed by atoms with Gasteiger partial charge in [0.15, 0.2) is 5.41 Å². The Hall–Kier alpha value is -0.770. The van der Waals surface area contributed by atoms with Gasteiger partial charge in [-0.2, -0.15) is 0 Å². The van der Waals surface area contributed by atoms with Crippen molar-refractivity contribution in [2.45, 2.75) is 27.7 Å². The number of rotatable bonds is 6. The normalized spacial score (nSPS) is 11.9. The molecule has 0 atom stereocenters. The van der Waals surface area contributed by atoms with E-state index >= 15 is 0 Å². The van der Waals surface area contributed by atoms with Crippen molar-refractivity contribution in [3.63, 3.8) is 0 Å². The van der Waals surface area contributed by atoms with Gasteiger partial charge in [0.2, 0.25) is 0 Å². The van der Waals surface area contributed by atoms with Gasteiger partial charge in [0.05, 0.1) is 5.88 Å². The highest BCUT2D eigenvalue weighted by molar-refractivity contribution is 6.18. The number of halogens is 1. The van der Waals surface area contributed by atoms with Crippen LogP contribution in [0.25, 0.3) is 0 Å². The first-order valence-corrected chi connectivity index (χ1v) is 5.81. The summed E-state index contributed by atoms with van der Waals surface area (Å²) in [5.41, 5.74) is -1.49. The van der Waals surface area contributed by atoms with E-state index in [0.717, 1.165) is 0 Å². The first-order chi connectivity index (χ1) is 7.31. The molecule has 0 aliphatic heterocycles. The standard InChI is InChI=1S/C11H19ClO4/c1-7(2)11(8(3)4,9(13)14)10(15)16-6-5-12/h7-8H,5-6H2,1-4H3,(H,13,14). The number of carbonyl (C=O) groups excluding carboxylic acids is 1. The molecule has 0 aromatic carbocycles. The van der Waals surface area contributed by atoms with Gasteiger partial charge in [-0.1, -0.05) is 27.7 Å². The van der Waals surface area contributed by atoms with Gasteiger partial charge in [0, 0.05) is 0 Å². The summed E-state index contributed by atoms with van der Waals surface area (Å²) in [6.45, 7) is 6.85. The molecule has 1 N–H and O–H groups in total. The Bertz CT molecular complexity index is 253. The lowest BCUT2D eigenvalue weighted by atomic mass is 9.69. The smallest absolute Gasteiger partial charge is 0.324 e. The van der Waals surface area contributed by atoms with Gasteiger partial charge in [-0.05, 0) is 11.8 Å². The van der Waals surface area contributed by atoms with Crippen molar-refractivity contribution in [2.24, 2.45) is 17.3 Å². The molecule has 16 heavy (non-hydrogen) atoms. The van der Waals surface area contributed by atoms with Crippen LogP contribution in [0.5, 0.6) is 0 Å². The van der Waals surface area contributed by atoms with E-state index in [-0.39, 0.29) is 24.3 Å². The van der Waals surface area contributed by atoms with Crippen LogP contribution in [-0.4, -0.2) is 29.5 Å². The van der Waals surface area contributed by atoms with Crippen molar-refractivity contribution in [1.29, 1.82) is 0 Å². The fourth-order valence-electron chi connectivity index (χ4n) is 1.97. The van der Waals surface area contributed by atoms with E-state index in [1.54, 1.807) is 27.7 Å². The zero-order valence-electron chi connectivity index (χ0n) is 10.1. The summed E-state index contributed by atoms with van der Waals surface area (Å²) >= 11 is 5.41. The van der Waals surface area contributed by atoms with Gasteiger partial charge < -0.3 is 9.84 Å². The Morgan fingerprint density at radius 1 is 1.25 bits per heavy atom. The molecule has 0 saturated heterocycles. The van der Waals surface area contributed by atoms with Crippen LogP contribution < -0.4 is 0 Å². The lowest BCUT2D eigenvalue weighted by molar-refractivity contribution is -0.176. The molecule has 5 heteroatoms. The summed E-state index contributed by atoms with van der Waals surface area (Å²) in [6.07, 6.45) is 0. The average Bonchev–Trinajstić information content (AvgIpc) is 2.13. The number of carboxylic acid groups (broad SMARTS) is 1. The molecule has 0 aliphatic rings. The summed E-state index contributed by atoms with van der Waals surface area (Å²) < 4.78 is 4.89. The highest BCUT2D eigenvalue weighted by Crippen LogP contribution is 2.37. The molecule has 4 nitrogen and oxygen atoms in total. The third kappa shape index (κ3) is 2.67. The molecule has 0 heterocycles. The minimum absolute atomic E-state index is 0.0366. The molecule has 0 aromatic heterocycles. The molecule has 0 radical (unpaired) electrons. The Morgan fingerprint density at radius 3 is 1.94 bits per heavy atom. The average molecular weight is 251 g/mol. The SMILES string of the molecule is CC(C)C(C(=O)O)(C(=O)OCCCl)C(C)C. The van der Waals surface area contributed by atoms with E-state index in [9.17, 15) is 14.7 Å². The summed E-state index contributed by atoms with van der Waals surface area (Å²) in [5, 5.41) is 9.30. The number of carbonyl (C=O) groups is 2. The summed E-state index contributed by atoms with van der Waals surface area (Å²) in [5.74, 6) is -2.36. The predicted octanol–water partition coefficient (Wildman–Crippen LogP) is 2.15. The highest BCUT2D eigenvalue weighted by atomic mass is 35.5. The van der Waals surface area contributed by atoms with Crippen LogP contribution in [0.3, 0.4) is 0 Å². The topological polar surface area (TPSA) is 63.6 Å². The molecule has 0 aromatic rings. The first kappa shape index (κ1) is 15.2. The van der Waals surface area contributed by atoms with Crippen LogP contribution in [0.15, 0.2) is 0 Å². The van der Waals surface area contributed by atoms with Crippen LogP contribution in [0.2, 0.25) is 0 Å². The maximum Gasteiger partial charge on any atom is 0.324 e. The predicted molar refractivity (Wildman–Crippen MR) is 61.4 cm³/mol. The van der Waals surface area contributed by atoms with E-state index in [1.165, 1.54) is 0 Å². The largest absolute Gasteiger partial charge is 0.480 e. The molecular formula is C11H19ClO4. The highest BCUT2D eigenvalue weighted by Gasteiger charge is 2.53. The minimum atomic E-state index is -1.49. The van der Waals surface area contributed by atoms with E-state index in [1.807, 2.05) is 0 Å². The summed E-state index contributed by atoms with van der Waals surface area (Å²) in [4.78, 5) is 23.3. The van der Waals surface area contributed by atoms with E-state index < -0.39 is 17.4 Å². The first-order valence-electron chi connectivity index (χ1n) is 5.28. The second-order valence-corrected chi connectivity index (χ2v) is 4.69. The molecule has 0 amide bonds. The zero-order chi connectivity index (χ0) is 12.9. The monoisotopic (exact) mass is 250 g/mol.